The van der Waals surface area contributed by atoms with Gasteiger partial charge in [0.25, 0.3) is 0 Å². The highest BCUT2D eigenvalue weighted by atomic mass is 35.5. The zero-order valence-corrected chi connectivity index (χ0v) is 22.1. The van der Waals surface area contributed by atoms with Gasteiger partial charge in [-0.3, -0.25) is 4.79 Å². The number of amides is 1. The first-order chi connectivity index (χ1) is 17.2. The van der Waals surface area contributed by atoms with Crippen molar-refractivity contribution in [3.05, 3.63) is 35.4 Å². The van der Waals surface area contributed by atoms with Crippen LogP contribution in [0, 0.1) is 5.92 Å². The molecule has 0 bridgehead atoms. The van der Waals surface area contributed by atoms with Crippen LogP contribution in [0.5, 0.6) is 0 Å². The number of carbonyl (C=O) groups excluding carboxylic acids is 1. The molecule has 4 rings (SSSR count). The van der Waals surface area contributed by atoms with E-state index in [2.05, 4.69) is 22.8 Å². The Morgan fingerprint density at radius 2 is 1.94 bits per heavy atom. The Labute approximate surface area is 220 Å². The van der Waals surface area contributed by atoms with E-state index in [4.69, 9.17) is 21.1 Å². The number of hydrogen-bond donors (Lipinski definition) is 6. The average Bonchev–Trinajstić information content (AvgIpc) is 3.16. The highest BCUT2D eigenvalue weighted by Crippen LogP contribution is 2.36. The second-order valence-electron chi connectivity index (χ2n) is 9.99. The molecule has 36 heavy (non-hydrogen) atoms. The summed E-state index contributed by atoms with van der Waals surface area (Å²) in [5, 5.41) is 46.0. The van der Waals surface area contributed by atoms with Crippen molar-refractivity contribution in [1.82, 2.24) is 10.6 Å². The lowest BCUT2D eigenvalue weighted by Crippen LogP contribution is -2.65. The quantitative estimate of drug-likeness (QED) is 0.268. The number of hydrogen-bond acceptors (Lipinski definition) is 9. The maximum Gasteiger partial charge on any atom is 0.240 e. The Balaban J connectivity index is 1.43. The van der Waals surface area contributed by atoms with Gasteiger partial charge in [-0.05, 0) is 43.1 Å². The van der Waals surface area contributed by atoms with Gasteiger partial charge in [0.05, 0.1) is 24.1 Å². The fourth-order valence-corrected chi connectivity index (χ4v) is 6.47. The number of aliphatic hydroxyl groups excluding tert-OH is 4. The molecule has 0 aromatic heterocycles. The van der Waals surface area contributed by atoms with E-state index in [0.717, 1.165) is 18.4 Å². The molecule has 3 saturated heterocycles. The minimum absolute atomic E-state index is 0.0157. The lowest BCUT2D eigenvalue weighted by atomic mass is 9.85. The molecule has 1 aromatic rings. The third-order valence-electron chi connectivity index (χ3n) is 7.67. The fraction of sp³-hybridized carbons (Fsp3) is 0.720. The van der Waals surface area contributed by atoms with Crippen LogP contribution in [0.25, 0.3) is 0 Å². The molecule has 0 saturated carbocycles. The Bertz CT molecular complexity index is 876. The minimum Gasteiger partial charge on any atom is -0.392 e. The van der Waals surface area contributed by atoms with Gasteiger partial charge in [-0.1, -0.05) is 24.3 Å². The second-order valence-corrected chi connectivity index (χ2v) is 11.6. The molecule has 0 radical (unpaired) electrons. The van der Waals surface area contributed by atoms with Gasteiger partial charge in [-0.2, -0.15) is 0 Å². The van der Waals surface area contributed by atoms with Crippen LogP contribution in [-0.4, -0.2) is 99.2 Å². The maximum absolute atomic E-state index is 13.4. The Morgan fingerprint density at radius 3 is 2.58 bits per heavy atom. The summed E-state index contributed by atoms with van der Waals surface area (Å²) >= 11 is 7.63. The summed E-state index contributed by atoms with van der Waals surface area (Å²) in [5.74, 6) is 0.143. The molecule has 11 heteroatoms. The van der Waals surface area contributed by atoms with Gasteiger partial charge in [0.15, 0.2) is 0 Å². The molecule has 3 aliphatic heterocycles. The van der Waals surface area contributed by atoms with Crippen LogP contribution < -0.4 is 10.6 Å². The SMILES string of the molecule is CSC1O[C@H]([C@H](NC(=O)[C@H]2NC[C@@H]3C[C@@H](c4ccc(CO)cc4)CCO[C@H]32)[C@H](C)Cl)C(O)[C@@H](O)[C@H]1O. The molecule has 1 aromatic carbocycles. The first kappa shape index (κ1) is 28.1. The maximum atomic E-state index is 13.4. The van der Waals surface area contributed by atoms with Crippen LogP contribution in [0.15, 0.2) is 24.3 Å². The van der Waals surface area contributed by atoms with Crippen LogP contribution in [0.4, 0.5) is 0 Å². The van der Waals surface area contributed by atoms with Gasteiger partial charge in [-0.15, -0.1) is 23.4 Å². The van der Waals surface area contributed by atoms with Gasteiger partial charge < -0.3 is 40.5 Å². The van der Waals surface area contributed by atoms with Crippen LogP contribution in [-0.2, 0) is 20.9 Å². The summed E-state index contributed by atoms with van der Waals surface area (Å²) in [4.78, 5) is 13.4. The Morgan fingerprint density at radius 1 is 1.22 bits per heavy atom. The zero-order chi connectivity index (χ0) is 26.0. The van der Waals surface area contributed by atoms with E-state index in [0.29, 0.717) is 19.1 Å². The van der Waals surface area contributed by atoms with Crippen molar-refractivity contribution in [3.8, 4) is 0 Å². The lowest BCUT2D eigenvalue weighted by Gasteiger charge is -2.44. The number of thioether (sulfide) groups is 1. The van der Waals surface area contributed by atoms with Crippen molar-refractivity contribution >= 4 is 29.3 Å². The van der Waals surface area contributed by atoms with Crippen molar-refractivity contribution < 1.29 is 34.7 Å². The number of alkyl halides is 1. The molecule has 3 heterocycles. The molecular formula is C25H37ClN2O7S. The van der Waals surface area contributed by atoms with Gasteiger partial charge in [0, 0.05) is 19.1 Å². The van der Waals surface area contributed by atoms with E-state index >= 15 is 0 Å². The van der Waals surface area contributed by atoms with Crippen molar-refractivity contribution in [2.75, 3.05) is 19.4 Å². The van der Waals surface area contributed by atoms with Crippen molar-refractivity contribution in [2.24, 2.45) is 5.92 Å². The second kappa shape index (κ2) is 12.3. The molecule has 3 aliphatic rings. The molecule has 0 aliphatic carbocycles. The molecule has 11 atom stereocenters. The van der Waals surface area contributed by atoms with Gasteiger partial charge >= 0.3 is 0 Å². The minimum atomic E-state index is -1.42. The molecule has 1 amide bonds. The molecule has 0 spiro atoms. The zero-order valence-electron chi connectivity index (χ0n) is 20.5. The normalized spacial score (nSPS) is 38.6. The van der Waals surface area contributed by atoms with E-state index in [1.54, 1.807) is 13.2 Å². The van der Waals surface area contributed by atoms with Gasteiger partial charge in [-0.25, -0.2) is 0 Å². The van der Waals surface area contributed by atoms with E-state index in [1.165, 1.54) is 17.3 Å². The summed E-state index contributed by atoms with van der Waals surface area (Å²) in [6.45, 7) is 2.87. The topological polar surface area (TPSA) is 141 Å². The van der Waals surface area contributed by atoms with E-state index in [-0.39, 0.29) is 24.5 Å². The monoisotopic (exact) mass is 544 g/mol. The van der Waals surface area contributed by atoms with Gasteiger partial charge in [0.1, 0.15) is 35.9 Å². The molecule has 3 fully saturated rings. The van der Waals surface area contributed by atoms with Crippen molar-refractivity contribution in [2.45, 2.75) is 85.7 Å². The summed E-state index contributed by atoms with van der Waals surface area (Å²) < 4.78 is 12.0. The van der Waals surface area contributed by atoms with Crippen LogP contribution in [0.3, 0.4) is 0 Å². The number of rotatable bonds is 7. The third kappa shape index (κ3) is 5.87. The van der Waals surface area contributed by atoms with E-state index < -0.39 is 47.3 Å². The first-order valence-electron chi connectivity index (χ1n) is 12.5. The molecule has 202 valence electrons. The molecule has 6 N–H and O–H groups in total. The van der Waals surface area contributed by atoms with E-state index in [1.807, 2.05) is 12.1 Å². The number of ether oxygens (including phenoxy) is 2. The fourth-order valence-electron chi connectivity index (χ4n) is 5.58. The van der Waals surface area contributed by atoms with Crippen LogP contribution in [0.2, 0.25) is 0 Å². The molecule has 9 nitrogen and oxygen atoms in total. The average molecular weight is 545 g/mol. The predicted molar refractivity (Wildman–Crippen MR) is 137 cm³/mol. The van der Waals surface area contributed by atoms with Crippen LogP contribution in [0.1, 0.15) is 36.8 Å². The number of carbonyl (C=O) groups is 1. The first-order valence-corrected chi connectivity index (χ1v) is 14.2. The standard InChI is InChI=1S/C25H37ClN2O7S/c1-12(26)17(23-20(31)19(30)21(32)25(35-23)36-2)28-24(33)18-22-16(10-27-18)9-15(7-8-34-22)14-5-3-13(11-29)4-6-14/h3-6,12,15-23,25,27,29-32H,7-11H2,1-2H3,(H,28,33)/t12-,15-,16-,17+,18-,19+,20?,21+,22+,23+,25?/m0/s1. The predicted octanol–water partition coefficient (Wildman–Crippen LogP) is 0.312. The summed E-state index contributed by atoms with van der Waals surface area (Å²) in [6.07, 6.45) is -1.92. The smallest absolute Gasteiger partial charge is 0.240 e. The number of nitrogens with one attached hydrogen (secondary N) is 2. The number of halogens is 1. The van der Waals surface area contributed by atoms with Crippen LogP contribution >= 0.6 is 23.4 Å². The summed E-state index contributed by atoms with van der Waals surface area (Å²) in [6, 6.07) is 6.60. The summed E-state index contributed by atoms with van der Waals surface area (Å²) in [5.41, 5.74) is 1.32. The molecule has 2 unspecified atom stereocenters. The molecular weight excluding hydrogens is 508 g/mol. The highest BCUT2D eigenvalue weighted by molar-refractivity contribution is 7.99. The summed E-state index contributed by atoms with van der Waals surface area (Å²) in [7, 11) is 0. The lowest BCUT2D eigenvalue weighted by molar-refractivity contribution is -0.205. The number of aliphatic hydroxyl groups is 4. The van der Waals surface area contributed by atoms with Crippen molar-refractivity contribution in [3.63, 3.8) is 0 Å². The number of fused-ring (bicyclic) bond motifs is 1. The van der Waals surface area contributed by atoms with E-state index in [9.17, 15) is 25.2 Å². The van der Waals surface area contributed by atoms with Gasteiger partial charge in [0.2, 0.25) is 5.91 Å². The Kier molecular flexibility index (Phi) is 9.57. The third-order valence-corrected chi connectivity index (χ3v) is 8.80. The largest absolute Gasteiger partial charge is 0.392 e. The Hall–Kier alpha value is -0.950. The number of benzene rings is 1. The van der Waals surface area contributed by atoms with Crippen molar-refractivity contribution in [1.29, 1.82) is 0 Å². The highest BCUT2D eigenvalue weighted by Gasteiger charge is 2.49.